The van der Waals surface area contributed by atoms with E-state index < -0.39 is 0 Å². The molecule has 0 aliphatic carbocycles. The van der Waals surface area contributed by atoms with Crippen LogP contribution < -0.4 is 10.9 Å². The molecule has 0 radical (unpaired) electrons. The first-order valence-electron chi connectivity index (χ1n) is 7.71. The van der Waals surface area contributed by atoms with E-state index in [4.69, 9.17) is 4.74 Å². The molecule has 0 fully saturated rings. The van der Waals surface area contributed by atoms with Crippen LogP contribution in [0.4, 0.5) is 0 Å². The Labute approximate surface area is 138 Å². The van der Waals surface area contributed by atoms with Gasteiger partial charge in [-0.25, -0.2) is 4.98 Å². The normalized spacial score (nSPS) is 12.7. The van der Waals surface area contributed by atoms with Gasteiger partial charge in [0.15, 0.2) is 0 Å². The Morgan fingerprint density at radius 3 is 2.88 bits per heavy atom. The number of carbonyl (C=O) groups excluding carboxylic acids is 1. The van der Waals surface area contributed by atoms with Gasteiger partial charge in [0.1, 0.15) is 17.0 Å². The van der Waals surface area contributed by atoms with Crippen LogP contribution in [0.25, 0.3) is 16.7 Å². The van der Waals surface area contributed by atoms with Gasteiger partial charge in [-0.15, -0.1) is 0 Å². The van der Waals surface area contributed by atoms with Gasteiger partial charge in [0.05, 0.1) is 12.0 Å². The highest BCUT2D eigenvalue weighted by Gasteiger charge is 2.19. The monoisotopic (exact) mass is 328 g/mol. The molecule has 3 aromatic rings. The van der Waals surface area contributed by atoms with E-state index in [0.29, 0.717) is 29.0 Å². The lowest BCUT2D eigenvalue weighted by Gasteiger charge is -2.12. The van der Waals surface area contributed by atoms with Crippen LogP contribution in [0.1, 0.15) is 23.0 Å². The third kappa shape index (κ3) is 2.56. The van der Waals surface area contributed by atoms with Crippen LogP contribution in [-0.4, -0.2) is 39.6 Å². The average Bonchev–Trinajstić information content (AvgIpc) is 2.87. The zero-order valence-electron chi connectivity index (χ0n) is 14.2. The SMILES string of the molecule is COCC(C)NC(=O)c1cc2c(=O)n3cccc(C)c3nc2n1C. The lowest BCUT2D eigenvalue weighted by atomic mass is 10.2. The number of rotatable bonds is 4. The lowest BCUT2D eigenvalue weighted by Crippen LogP contribution is -2.36. The van der Waals surface area contributed by atoms with E-state index in [9.17, 15) is 9.59 Å². The number of aromatic nitrogens is 3. The number of ether oxygens (including phenoxy) is 1. The van der Waals surface area contributed by atoms with Crippen LogP contribution in [0.15, 0.2) is 29.2 Å². The second-order valence-electron chi connectivity index (χ2n) is 5.96. The predicted molar refractivity (Wildman–Crippen MR) is 91.5 cm³/mol. The van der Waals surface area contributed by atoms with Crippen molar-refractivity contribution in [1.82, 2.24) is 19.3 Å². The summed E-state index contributed by atoms with van der Waals surface area (Å²) < 4.78 is 8.18. The molecule has 0 spiro atoms. The Morgan fingerprint density at radius 2 is 2.17 bits per heavy atom. The maximum absolute atomic E-state index is 12.7. The number of hydrogen-bond donors (Lipinski definition) is 1. The molecule has 7 nitrogen and oxygen atoms in total. The first-order valence-corrected chi connectivity index (χ1v) is 7.71. The molecule has 3 aromatic heterocycles. The molecule has 0 bridgehead atoms. The molecule has 0 saturated heterocycles. The molecule has 3 rings (SSSR count). The van der Waals surface area contributed by atoms with Gasteiger partial charge in [0.2, 0.25) is 0 Å². The van der Waals surface area contributed by atoms with Gasteiger partial charge in [-0.05, 0) is 31.5 Å². The number of methoxy groups -OCH3 is 1. The standard InChI is InChI=1S/C17H20N4O3/c1-10-6-5-7-21-14(10)19-15-12(17(21)23)8-13(20(15)3)16(22)18-11(2)9-24-4/h5-8,11H,9H2,1-4H3,(H,18,22). The minimum absolute atomic E-state index is 0.129. The molecule has 0 aliphatic rings. The van der Waals surface area contributed by atoms with Gasteiger partial charge < -0.3 is 14.6 Å². The second-order valence-corrected chi connectivity index (χ2v) is 5.96. The van der Waals surface area contributed by atoms with Crippen LogP contribution >= 0.6 is 0 Å². The van der Waals surface area contributed by atoms with Crippen molar-refractivity contribution >= 4 is 22.6 Å². The van der Waals surface area contributed by atoms with Crippen molar-refractivity contribution in [2.45, 2.75) is 19.9 Å². The molecular weight excluding hydrogens is 308 g/mol. The Morgan fingerprint density at radius 1 is 1.42 bits per heavy atom. The molecular formula is C17H20N4O3. The minimum atomic E-state index is -0.259. The maximum atomic E-state index is 12.7. The van der Waals surface area contributed by atoms with E-state index in [1.165, 1.54) is 4.40 Å². The molecule has 1 unspecified atom stereocenters. The van der Waals surface area contributed by atoms with Crippen LogP contribution in [-0.2, 0) is 11.8 Å². The first kappa shape index (κ1) is 16.2. The Balaban J connectivity index is 2.15. The van der Waals surface area contributed by atoms with E-state index in [1.807, 2.05) is 19.9 Å². The molecule has 0 saturated carbocycles. The third-order valence-corrected chi connectivity index (χ3v) is 4.05. The van der Waals surface area contributed by atoms with E-state index in [2.05, 4.69) is 10.3 Å². The van der Waals surface area contributed by atoms with Gasteiger partial charge >= 0.3 is 0 Å². The van der Waals surface area contributed by atoms with Gasteiger partial charge in [-0.3, -0.25) is 14.0 Å². The summed E-state index contributed by atoms with van der Waals surface area (Å²) in [6.45, 7) is 4.17. The van der Waals surface area contributed by atoms with Crippen molar-refractivity contribution in [1.29, 1.82) is 0 Å². The molecule has 1 amide bonds. The summed E-state index contributed by atoms with van der Waals surface area (Å²) in [5, 5.41) is 3.27. The topological polar surface area (TPSA) is 77.6 Å². The fourth-order valence-corrected chi connectivity index (χ4v) is 2.84. The van der Waals surface area contributed by atoms with Crippen molar-refractivity contribution in [3.8, 4) is 0 Å². The van der Waals surface area contributed by atoms with Gasteiger partial charge in [-0.1, -0.05) is 6.07 Å². The number of carbonyl (C=O) groups is 1. The van der Waals surface area contributed by atoms with E-state index >= 15 is 0 Å². The summed E-state index contributed by atoms with van der Waals surface area (Å²) in [7, 11) is 3.32. The fourth-order valence-electron chi connectivity index (χ4n) is 2.84. The van der Waals surface area contributed by atoms with Crippen LogP contribution in [0.3, 0.4) is 0 Å². The van der Waals surface area contributed by atoms with E-state index in [-0.39, 0.29) is 17.5 Å². The molecule has 1 N–H and O–H groups in total. The number of aryl methyl sites for hydroxylation is 2. The van der Waals surface area contributed by atoms with Crippen LogP contribution in [0, 0.1) is 6.92 Å². The summed E-state index contributed by atoms with van der Waals surface area (Å²) in [4.78, 5) is 29.8. The number of pyridine rings is 1. The highest BCUT2D eigenvalue weighted by atomic mass is 16.5. The zero-order valence-corrected chi connectivity index (χ0v) is 14.2. The van der Waals surface area contributed by atoms with Gasteiger partial charge in [0.25, 0.3) is 11.5 Å². The molecule has 126 valence electrons. The van der Waals surface area contributed by atoms with Crippen molar-refractivity contribution in [3.63, 3.8) is 0 Å². The second kappa shape index (κ2) is 6.09. The molecule has 7 heteroatoms. The predicted octanol–water partition coefficient (Wildman–Crippen LogP) is 1.26. The average molecular weight is 328 g/mol. The first-order chi connectivity index (χ1) is 11.4. The Hall–Kier alpha value is -2.67. The highest BCUT2D eigenvalue weighted by Crippen LogP contribution is 2.16. The minimum Gasteiger partial charge on any atom is -0.383 e. The number of nitrogens with one attached hydrogen (secondary N) is 1. The summed E-state index contributed by atoms with van der Waals surface area (Å²) in [6.07, 6.45) is 1.69. The summed E-state index contributed by atoms with van der Waals surface area (Å²) in [5.74, 6) is -0.259. The van der Waals surface area contributed by atoms with Crippen molar-refractivity contribution in [2.24, 2.45) is 7.05 Å². The summed E-state index contributed by atoms with van der Waals surface area (Å²) in [6, 6.07) is 5.17. The Kier molecular flexibility index (Phi) is 4.11. The van der Waals surface area contributed by atoms with Crippen LogP contribution in [0.5, 0.6) is 0 Å². The largest absolute Gasteiger partial charge is 0.383 e. The van der Waals surface area contributed by atoms with Crippen LogP contribution in [0.2, 0.25) is 0 Å². The lowest BCUT2D eigenvalue weighted by molar-refractivity contribution is 0.0898. The molecule has 24 heavy (non-hydrogen) atoms. The highest BCUT2D eigenvalue weighted by molar-refractivity contribution is 5.98. The van der Waals surface area contributed by atoms with Gasteiger partial charge in [-0.2, -0.15) is 0 Å². The van der Waals surface area contributed by atoms with Crippen molar-refractivity contribution in [2.75, 3.05) is 13.7 Å². The van der Waals surface area contributed by atoms with E-state index in [0.717, 1.165) is 5.56 Å². The summed E-state index contributed by atoms with van der Waals surface area (Å²) >= 11 is 0. The van der Waals surface area contributed by atoms with E-state index in [1.54, 1.807) is 37.1 Å². The number of amides is 1. The molecule has 0 aliphatic heterocycles. The van der Waals surface area contributed by atoms with Gasteiger partial charge in [0, 0.05) is 26.4 Å². The Bertz CT molecular complexity index is 987. The molecule has 3 heterocycles. The number of fused-ring (bicyclic) bond motifs is 2. The smallest absolute Gasteiger partial charge is 0.268 e. The quantitative estimate of drug-likeness (QED) is 0.782. The zero-order chi connectivity index (χ0) is 17.4. The molecule has 1 atom stereocenters. The van der Waals surface area contributed by atoms with Crippen molar-refractivity contribution < 1.29 is 9.53 Å². The number of nitrogens with zero attached hydrogens (tertiary/aromatic N) is 3. The number of hydrogen-bond acceptors (Lipinski definition) is 4. The maximum Gasteiger partial charge on any atom is 0.268 e. The molecule has 0 aromatic carbocycles. The summed E-state index contributed by atoms with van der Waals surface area (Å²) in [5.41, 5.74) is 2.21. The fraction of sp³-hybridized carbons (Fsp3) is 0.353. The third-order valence-electron chi connectivity index (χ3n) is 4.05. The van der Waals surface area contributed by atoms with Crippen molar-refractivity contribution in [3.05, 3.63) is 46.0 Å².